The van der Waals surface area contributed by atoms with E-state index in [4.69, 9.17) is 0 Å². The highest BCUT2D eigenvalue weighted by molar-refractivity contribution is 7.89. The lowest BCUT2D eigenvalue weighted by Gasteiger charge is -1.98. The number of carbonyl (C=O) groups excluding carboxylic acids is 1. The number of nitrogens with one attached hydrogen (secondary N) is 1. The number of amides is 1. The van der Waals surface area contributed by atoms with Crippen molar-refractivity contribution >= 4 is 16.0 Å². The van der Waals surface area contributed by atoms with Crippen molar-refractivity contribution in [3.63, 3.8) is 0 Å². The Labute approximate surface area is 70.8 Å². The van der Waals surface area contributed by atoms with E-state index in [0.717, 1.165) is 11.5 Å². The van der Waals surface area contributed by atoms with E-state index in [9.17, 15) is 13.2 Å². The smallest absolute Gasteiger partial charge is 0.268 e. The molecule has 68 valence electrons. The van der Waals surface area contributed by atoms with Crippen molar-refractivity contribution in [3.05, 3.63) is 24.1 Å². The Morgan fingerprint density at radius 3 is 2.58 bits per heavy atom. The molecule has 0 fully saturated rings. The fourth-order valence-corrected chi connectivity index (χ4v) is 0.922. The lowest BCUT2D eigenvalue weighted by molar-refractivity contribution is -0.122. The Hall–Kier alpha value is -1.14. The van der Waals surface area contributed by atoms with Gasteiger partial charge in [0.25, 0.3) is 5.91 Å². The van der Waals surface area contributed by atoms with Crippen LogP contribution in [0.1, 0.15) is 6.92 Å². The molecule has 0 aliphatic carbocycles. The maximum absolute atomic E-state index is 10.7. The monoisotopic (exact) mass is 191 g/mol. The Kier molecular flexibility index (Phi) is 4.24. The van der Waals surface area contributed by atoms with Gasteiger partial charge >= 0.3 is 10.1 Å². The number of carbonyl (C=O) groups is 1. The summed E-state index contributed by atoms with van der Waals surface area (Å²) in [4.78, 5) is 10.4. The normalized spacial score (nSPS) is 11.4. The first-order valence-electron chi connectivity index (χ1n) is 3.00. The fourth-order valence-electron chi connectivity index (χ4n) is 0.335. The number of hydrogen-bond acceptors (Lipinski definition) is 4. The Morgan fingerprint density at radius 2 is 2.17 bits per heavy atom. The summed E-state index contributed by atoms with van der Waals surface area (Å²) >= 11 is 0. The van der Waals surface area contributed by atoms with E-state index in [1.807, 2.05) is 0 Å². The van der Waals surface area contributed by atoms with Gasteiger partial charge in [-0.05, 0) is 13.0 Å². The average molecular weight is 191 g/mol. The highest BCUT2D eigenvalue weighted by atomic mass is 32.2. The first kappa shape index (κ1) is 10.9. The van der Waals surface area contributed by atoms with Gasteiger partial charge in [0, 0.05) is 0 Å². The minimum absolute atomic E-state index is 0.719. The lowest BCUT2D eigenvalue weighted by atomic mass is 10.6. The second kappa shape index (κ2) is 4.68. The largest absolute Gasteiger partial charge is 0.310 e. The van der Waals surface area contributed by atoms with Crippen molar-refractivity contribution in [3.8, 4) is 0 Å². The summed E-state index contributed by atoms with van der Waals surface area (Å²) in [5.41, 5.74) is 1.66. The van der Waals surface area contributed by atoms with Crippen LogP contribution >= 0.6 is 0 Å². The van der Waals surface area contributed by atoms with Crippen molar-refractivity contribution in [2.24, 2.45) is 0 Å². The maximum Gasteiger partial charge on any atom is 0.310 e. The van der Waals surface area contributed by atoms with E-state index in [1.165, 1.54) is 13.0 Å². The van der Waals surface area contributed by atoms with Gasteiger partial charge in [-0.1, -0.05) is 12.7 Å². The van der Waals surface area contributed by atoms with Crippen molar-refractivity contribution in [1.82, 2.24) is 5.48 Å². The molecule has 0 atom stereocenters. The SMILES string of the molecule is C=CC(=O)NOS(=O)(=O)C=CC. The summed E-state index contributed by atoms with van der Waals surface area (Å²) in [6.07, 6.45) is 2.17. The van der Waals surface area contributed by atoms with Crippen molar-refractivity contribution in [1.29, 1.82) is 0 Å². The molecule has 5 nitrogen and oxygen atoms in total. The third-order valence-corrected chi connectivity index (χ3v) is 1.67. The molecule has 0 spiro atoms. The predicted molar refractivity (Wildman–Crippen MR) is 43.2 cm³/mol. The van der Waals surface area contributed by atoms with Gasteiger partial charge in [-0.25, -0.2) is 5.48 Å². The summed E-state index contributed by atoms with van der Waals surface area (Å²) in [6.45, 7) is 4.61. The van der Waals surface area contributed by atoms with Crippen LogP contribution in [-0.2, 0) is 19.2 Å². The highest BCUT2D eigenvalue weighted by Crippen LogP contribution is 1.91. The molecule has 0 aromatic rings. The van der Waals surface area contributed by atoms with Crippen molar-refractivity contribution in [2.45, 2.75) is 6.92 Å². The summed E-state index contributed by atoms with van der Waals surface area (Å²) in [6, 6.07) is 0. The van der Waals surface area contributed by atoms with Gasteiger partial charge in [0.15, 0.2) is 0 Å². The number of hydroxylamine groups is 1. The van der Waals surface area contributed by atoms with Crippen LogP contribution in [0, 0.1) is 0 Å². The zero-order chi connectivity index (χ0) is 9.61. The first-order valence-corrected chi connectivity index (χ1v) is 4.47. The zero-order valence-corrected chi connectivity index (χ0v) is 7.30. The van der Waals surface area contributed by atoms with Gasteiger partial charge in [0.2, 0.25) is 0 Å². The molecule has 1 N–H and O–H groups in total. The van der Waals surface area contributed by atoms with Crippen LogP contribution < -0.4 is 5.48 Å². The molecule has 0 aromatic heterocycles. The second-order valence-corrected chi connectivity index (χ2v) is 3.14. The quantitative estimate of drug-likeness (QED) is 0.504. The average Bonchev–Trinajstić information content (AvgIpc) is 2.00. The van der Waals surface area contributed by atoms with E-state index in [1.54, 1.807) is 5.48 Å². The molecule has 0 aliphatic rings. The first-order chi connectivity index (χ1) is 5.52. The molecule has 0 unspecified atom stereocenters. The highest BCUT2D eigenvalue weighted by Gasteiger charge is 2.06. The van der Waals surface area contributed by atoms with E-state index in [0.29, 0.717) is 0 Å². The van der Waals surface area contributed by atoms with E-state index in [-0.39, 0.29) is 0 Å². The summed E-state index contributed by atoms with van der Waals surface area (Å²) < 4.78 is 25.4. The number of allylic oxidation sites excluding steroid dienone is 1. The topological polar surface area (TPSA) is 72.5 Å². The molecular formula is C6H9NO4S. The van der Waals surface area contributed by atoms with Gasteiger partial charge in [0.1, 0.15) is 0 Å². The number of rotatable bonds is 4. The molecule has 12 heavy (non-hydrogen) atoms. The van der Waals surface area contributed by atoms with Gasteiger partial charge in [0.05, 0.1) is 5.41 Å². The molecular weight excluding hydrogens is 182 g/mol. The fraction of sp³-hybridized carbons (Fsp3) is 0.167. The van der Waals surface area contributed by atoms with Gasteiger partial charge in [-0.3, -0.25) is 4.79 Å². The van der Waals surface area contributed by atoms with Gasteiger partial charge < -0.3 is 0 Å². The van der Waals surface area contributed by atoms with E-state index in [2.05, 4.69) is 10.9 Å². The Morgan fingerprint density at radius 1 is 1.58 bits per heavy atom. The van der Waals surface area contributed by atoms with Crippen LogP contribution in [-0.4, -0.2) is 14.3 Å². The van der Waals surface area contributed by atoms with Crippen LogP contribution in [0.5, 0.6) is 0 Å². The molecule has 0 radical (unpaired) electrons. The van der Waals surface area contributed by atoms with Crippen LogP contribution in [0.2, 0.25) is 0 Å². The summed E-state index contributed by atoms with van der Waals surface area (Å²) in [5.74, 6) is -0.719. The third kappa shape index (κ3) is 4.64. The predicted octanol–water partition coefficient (Wildman–Crippen LogP) is 0.0836. The molecule has 6 heteroatoms. The zero-order valence-electron chi connectivity index (χ0n) is 6.48. The minimum Gasteiger partial charge on any atom is -0.268 e. The standard InChI is InChI=1S/C6H9NO4S/c1-3-5-12(9,10)11-7-6(8)4-2/h3-5H,2H2,1H3,(H,7,8). The van der Waals surface area contributed by atoms with Gasteiger partial charge in [-0.2, -0.15) is 8.42 Å². The Balaban J connectivity index is 4.10. The third-order valence-electron chi connectivity index (χ3n) is 0.747. The van der Waals surface area contributed by atoms with Crippen LogP contribution in [0.25, 0.3) is 0 Å². The minimum atomic E-state index is -3.80. The van der Waals surface area contributed by atoms with Gasteiger partial charge in [-0.15, -0.1) is 4.28 Å². The second-order valence-electron chi connectivity index (χ2n) is 1.72. The summed E-state index contributed by atoms with van der Waals surface area (Å²) in [5, 5.41) is 0.816. The molecule has 0 rings (SSSR count). The molecule has 0 bridgehead atoms. The van der Waals surface area contributed by atoms with Crippen LogP contribution in [0.15, 0.2) is 24.1 Å². The molecule has 1 amide bonds. The lowest BCUT2D eigenvalue weighted by Crippen LogP contribution is -2.24. The Bertz CT molecular complexity index is 291. The summed E-state index contributed by atoms with van der Waals surface area (Å²) in [7, 11) is -3.80. The molecule has 0 saturated heterocycles. The van der Waals surface area contributed by atoms with Crippen LogP contribution in [0.3, 0.4) is 0 Å². The molecule has 0 saturated carbocycles. The van der Waals surface area contributed by atoms with E-state index >= 15 is 0 Å². The maximum atomic E-state index is 10.7. The van der Waals surface area contributed by atoms with Crippen molar-refractivity contribution in [2.75, 3.05) is 0 Å². The number of hydrogen-bond donors (Lipinski definition) is 1. The molecule has 0 heterocycles. The molecule has 0 aliphatic heterocycles. The van der Waals surface area contributed by atoms with Crippen LogP contribution in [0.4, 0.5) is 0 Å². The molecule has 0 aromatic carbocycles. The van der Waals surface area contributed by atoms with E-state index < -0.39 is 16.0 Å². The van der Waals surface area contributed by atoms with Crippen molar-refractivity contribution < 1.29 is 17.5 Å².